The molecule has 1 heterocycles. The van der Waals surface area contributed by atoms with E-state index in [1.54, 1.807) is 0 Å². The molecule has 1 fully saturated rings. The maximum Gasteiger partial charge on any atom is 0.270 e. The molecule has 1 aliphatic heterocycles. The highest BCUT2D eigenvalue weighted by molar-refractivity contribution is 6.34. The van der Waals surface area contributed by atoms with Crippen LogP contribution in [0.1, 0.15) is 37.0 Å². The second-order valence-electron chi connectivity index (χ2n) is 5.80. The van der Waals surface area contributed by atoms with Crippen LogP contribution in [-0.4, -0.2) is 40.9 Å². The van der Waals surface area contributed by atoms with E-state index in [0.717, 1.165) is 25.9 Å². The molecule has 1 aromatic carbocycles. The van der Waals surface area contributed by atoms with Gasteiger partial charge < -0.3 is 10.2 Å². The number of likely N-dealkylation sites (tertiary alicyclic amines) is 1. The van der Waals surface area contributed by atoms with E-state index < -0.39 is 4.92 Å². The maximum absolute atomic E-state index is 12.3. The minimum absolute atomic E-state index is 0.103. The van der Waals surface area contributed by atoms with E-state index in [0.29, 0.717) is 6.04 Å². The van der Waals surface area contributed by atoms with Gasteiger partial charge in [-0.05, 0) is 32.8 Å². The van der Waals surface area contributed by atoms with Crippen LogP contribution in [0.25, 0.3) is 0 Å². The molecule has 1 saturated heterocycles. The van der Waals surface area contributed by atoms with Gasteiger partial charge in [0.1, 0.15) is 0 Å². The van der Waals surface area contributed by atoms with E-state index in [2.05, 4.69) is 24.1 Å². The lowest BCUT2D eigenvalue weighted by Gasteiger charge is -2.34. The Kier molecular flexibility index (Phi) is 5.37. The van der Waals surface area contributed by atoms with Gasteiger partial charge in [-0.3, -0.25) is 14.9 Å². The number of carbonyl (C=O) groups is 1. The van der Waals surface area contributed by atoms with Crippen LogP contribution in [0, 0.1) is 10.1 Å². The quantitative estimate of drug-likeness (QED) is 0.682. The van der Waals surface area contributed by atoms with Crippen molar-refractivity contribution in [2.45, 2.75) is 38.8 Å². The number of nitrogens with one attached hydrogen (secondary N) is 1. The fraction of sp³-hybridized carbons (Fsp3) is 0.533. The molecule has 1 N–H and O–H groups in total. The molecule has 0 spiro atoms. The highest BCUT2D eigenvalue weighted by Crippen LogP contribution is 2.23. The third kappa shape index (κ3) is 3.96. The van der Waals surface area contributed by atoms with Crippen molar-refractivity contribution in [3.05, 3.63) is 38.9 Å². The van der Waals surface area contributed by atoms with Gasteiger partial charge in [0.2, 0.25) is 0 Å². The molecule has 7 heteroatoms. The molecule has 1 amide bonds. The summed E-state index contributed by atoms with van der Waals surface area (Å²) in [5.74, 6) is -0.275. The van der Waals surface area contributed by atoms with Crippen LogP contribution in [0.15, 0.2) is 18.2 Å². The van der Waals surface area contributed by atoms with Crippen LogP contribution in [0.4, 0.5) is 5.69 Å². The molecule has 0 unspecified atom stereocenters. The molecular weight excluding hydrogens is 306 g/mol. The third-order valence-electron chi connectivity index (χ3n) is 4.00. The lowest BCUT2D eigenvalue weighted by Crippen LogP contribution is -2.46. The largest absolute Gasteiger partial charge is 0.349 e. The van der Waals surface area contributed by atoms with Crippen molar-refractivity contribution in [3.63, 3.8) is 0 Å². The van der Waals surface area contributed by atoms with E-state index >= 15 is 0 Å². The van der Waals surface area contributed by atoms with Crippen LogP contribution >= 0.6 is 11.6 Å². The first kappa shape index (κ1) is 16.7. The zero-order valence-corrected chi connectivity index (χ0v) is 13.5. The number of hydrogen-bond donors (Lipinski definition) is 1. The van der Waals surface area contributed by atoms with Gasteiger partial charge in [-0.2, -0.15) is 0 Å². The molecule has 1 aromatic rings. The predicted octanol–water partition coefficient (Wildman–Crippen LogP) is 2.85. The minimum Gasteiger partial charge on any atom is -0.349 e. The summed E-state index contributed by atoms with van der Waals surface area (Å²) in [6.07, 6.45) is 1.79. The maximum atomic E-state index is 12.3. The number of hydrogen-bond acceptors (Lipinski definition) is 4. The number of benzene rings is 1. The molecule has 0 saturated carbocycles. The van der Waals surface area contributed by atoms with Gasteiger partial charge in [-0.1, -0.05) is 11.6 Å². The lowest BCUT2D eigenvalue weighted by molar-refractivity contribution is -0.384. The Labute approximate surface area is 134 Å². The van der Waals surface area contributed by atoms with Gasteiger partial charge in [-0.25, -0.2) is 0 Å². The van der Waals surface area contributed by atoms with Crippen molar-refractivity contribution < 1.29 is 9.72 Å². The molecule has 2 rings (SSSR count). The van der Waals surface area contributed by atoms with Crippen LogP contribution in [0.3, 0.4) is 0 Å². The Bertz CT molecular complexity index is 569. The molecule has 0 radical (unpaired) electrons. The van der Waals surface area contributed by atoms with Gasteiger partial charge in [0, 0.05) is 37.3 Å². The standard InChI is InChI=1S/C15H20ClN3O3/c1-10(2)18-7-5-11(6-8-18)17-15(20)13-4-3-12(19(21)22)9-14(13)16/h3-4,9-11H,5-8H2,1-2H3,(H,17,20). The van der Waals surface area contributed by atoms with Crippen molar-refractivity contribution in [1.82, 2.24) is 10.2 Å². The summed E-state index contributed by atoms with van der Waals surface area (Å²) < 4.78 is 0. The van der Waals surface area contributed by atoms with Crippen molar-refractivity contribution in [2.75, 3.05) is 13.1 Å². The van der Waals surface area contributed by atoms with E-state index in [-0.39, 0.29) is 28.2 Å². The normalized spacial score (nSPS) is 16.7. The summed E-state index contributed by atoms with van der Waals surface area (Å²) in [5, 5.41) is 13.7. The molecule has 0 aromatic heterocycles. The smallest absolute Gasteiger partial charge is 0.270 e. The summed E-state index contributed by atoms with van der Waals surface area (Å²) in [6, 6.07) is 4.54. The van der Waals surface area contributed by atoms with Crippen molar-refractivity contribution >= 4 is 23.2 Å². The average molecular weight is 326 g/mol. The van der Waals surface area contributed by atoms with Gasteiger partial charge in [-0.15, -0.1) is 0 Å². The molecule has 0 atom stereocenters. The van der Waals surface area contributed by atoms with Crippen LogP contribution < -0.4 is 5.32 Å². The topological polar surface area (TPSA) is 75.5 Å². The highest BCUT2D eigenvalue weighted by Gasteiger charge is 2.23. The molecular formula is C15H20ClN3O3. The fourth-order valence-corrected chi connectivity index (χ4v) is 2.89. The Balaban J connectivity index is 1.97. The number of rotatable bonds is 4. The predicted molar refractivity (Wildman–Crippen MR) is 85.3 cm³/mol. The lowest BCUT2D eigenvalue weighted by atomic mass is 10.0. The Hall–Kier alpha value is -1.66. The number of nitrogens with zero attached hydrogens (tertiary/aromatic N) is 2. The third-order valence-corrected chi connectivity index (χ3v) is 4.32. The van der Waals surface area contributed by atoms with Gasteiger partial charge in [0.05, 0.1) is 15.5 Å². The Morgan fingerprint density at radius 3 is 2.55 bits per heavy atom. The fourth-order valence-electron chi connectivity index (χ4n) is 2.63. The van der Waals surface area contributed by atoms with Crippen LogP contribution in [0.5, 0.6) is 0 Å². The van der Waals surface area contributed by atoms with E-state index in [4.69, 9.17) is 11.6 Å². The number of carbonyl (C=O) groups excluding carboxylic acids is 1. The summed E-state index contributed by atoms with van der Waals surface area (Å²) in [6.45, 7) is 6.23. The minimum atomic E-state index is -0.533. The second kappa shape index (κ2) is 7.07. The SMILES string of the molecule is CC(C)N1CCC(NC(=O)c2ccc([N+](=O)[O-])cc2Cl)CC1. The number of nitro groups is 1. The first-order valence-corrected chi connectivity index (χ1v) is 7.75. The zero-order chi connectivity index (χ0) is 16.3. The second-order valence-corrected chi connectivity index (χ2v) is 6.21. The molecule has 6 nitrogen and oxygen atoms in total. The molecule has 1 aliphatic rings. The van der Waals surface area contributed by atoms with Crippen molar-refractivity contribution in [3.8, 4) is 0 Å². The molecule has 120 valence electrons. The molecule has 0 aliphatic carbocycles. The zero-order valence-electron chi connectivity index (χ0n) is 12.7. The average Bonchev–Trinajstić information content (AvgIpc) is 2.47. The number of halogens is 1. The Morgan fingerprint density at radius 1 is 1.41 bits per heavy atom. The van der Waals surface area contributed by atoms with E-state index in [1.807, 2.05) is 0 Å². The van der Waals surface area contributed by atoms with Gasteiger partial charge >= 0.3 is 0 Å². The monoisotopic (exact) mass is 325 g/mol. The van der Waals surface area contributed by atoms with Crippen LogP contribution in [-0.2, 0) is 0 Å². The summed E-state index contributed by atoms with van der Waals surface area (Å²) in [5.41, 5.74) is 0.158. The van der Waals surface area contributed by atoms with E-state index in [9.17, 15) is 14.9 Å². The molecule has 22 heavy (non-hydrogen) atoms. The van der Waals surface area contributed by atoms with Gasteiger partial charge in [0.15, 0.2) is 0 Å². The van der Waals surface area contributed by atoms with Crippen molar-refractivity contribution in [2.24, 2.45) is 0 Å². The summed E-state index contributed by atoms with van der Waals surface area (Å²) in [7, 11) is 0. The number of non-ortho nitro benzene ring substituents is 1. The summed E-state index contributed by atoms with van der Waals surface area (Å²) in [4.78, 5) is 24.8. The Morgan fingerprint density at radius 2 is 2.05 bits per heavy atom. The van der Waals surface area contributed by atoms with Gasteiger partial charge in [0.25, 0.3) is 11.6 Å². The number of nitro benzene ring substituents is 1. The summed E-state index contributed by atoms with van der Waals surface area (Å²) >= 11 is 5.98. The first-order valence-electron chi connectivity index (χ1n) is 7.37. The number of piperidine rings is 1. The number of amides is 1. The molecule has 0 bridgehead atoms. The van der Waals surface area contributed by atoms with E-state index in [1.165, 1.54) is 18.2 Å². The first-order chi connectivity index (χ1) is 10.4. The highest BCUT2D eigenvalue weighted by atomic mass is 35.5. The van der Waals surface area contributed by atoms with Crippen LogP contribution in [0.2, 0.25) is 5.02 Å². The van der Waals surface area contributed by atoms with Crippen molar-refractivity contribution in [1.29, 1.82) is 0 Å².